The molecule has 35 heavy (non-hydrogen) atoms. The number of carbonyl (C=O) groups is 1. The molecule has 0 bridgehead atoms. The molecule has 2 heterocycles. The number of rotatable bonds is 4. The zero-order valence-electron chi connectivity index (χ0n) is 20.2. The predicted molar refractivity (Wildman–Crippen MR) is 118 cm³/mol. The first kappa shape index (κ1) is 20.6. The summed E-state index contributed by atoms with van der Waals surface area (Å²) < 4.78 is 94.1. The Labute approximate surface area is 203 Å². The Morgan fingerprint density at radius 2 is 2.00 bits per heavy atom. The first-order valence-corrected chi connectivity index (χ1v) is 9.96. The number of alkyl halides is 3. The normalized spacial score (nSPS) is 14.3. The molecule has 0 spiro atoms. The number of aliphatic hydroxyl groups is 1. The van der Waals surface area contributed by atoms with Gasteiger partial charge in [0.2, 0.25) is 0 Å². The molecule has 1 amide bonds. The molecule has 4 N–H and O–H groups in total. The number of aryl methyl sites for hydroxylation is 1. The van der Waals surface area contributed by atoms with Gasteiger partial charge in [0.25, 0.3) is 5.91 Å². The average molecular weight is 515 g/mol. The summed E-state index contributed by atoms with van der Waals surface area (Å²) in [4.78, 5) is 19.5. The Morgan fingerprint density at radius 1 is 1.26 bits per heavy atom. The molecule has 13 heteroatoms. The number of benzene rings is 2. The van der Waals surface area contributed by atoms with E-state index in [1.807, 2.05) is 5.32 Å². The van der Waals surface area contributed by atoms with E-state index in [0.717, 1.165) is 12.1 Å². The summed E-state index contributed by atoms with van der Waals surface area (Å²) in [6.07, 6.45) is -6.61. The van der Waals surface area contributed by atoms with Crippen molar-refractivity contribution >= 4 is 34.5 Å². The first-order chi connectivity index (χ1) is 17.6. The van der Waals surface area contributed by atoms with Crippen molar-refractivity contribution in [2.75, 3.05) is 11.1 Å². The second kappa shape index (κ2) is 8.78. The van der Waals surface area contributed by atoms with Gasteiger partial charge in [-0.1, -0.05) is 23.7 Å². The quantitative estimate of drug-likeness (QED) is 0.336. The number of halogens is 6. The van der Waals surface area contributed by atoms with Crippen LogP contribution in [-0.2, 0) is 11.0 Å². The maximum absolute atomic E-state index is 15.2. The van der Waals surface area contributed by atoms with Crippen LogP contribution in [0.15, 0.2) is 42.6 Å². The molecule has 182 valence electrons. The van der Waals surface area contributed by atoms with Crippen molar-refractivity contribution in [2.24, 2.45) is 0 Å². The van der Waals surface area contributed by atoms with Gasteiger partial charge in [0, 0.05) is 14.7 Å². The van der Waals surface area contributed by atoms with Gasteiger partial charge >= 0.3 is 6.18 Å². The summed E-state index contributed by atoms with van der Waals surface area (Å²) in [7, 11) is 0. The minimum absolute atomic E-state index is 0.0672. The molecule has 1 atom stereocenters. The highest BCUT2D eigenvalue weighted by Crippen LogP contribution is 2.37. The second-order valence-corrected chi connectivity index (χ2v) is 7.67. The van der Waals surface area contributed by atoms with Gasteiger partial charge in [-0.3, -0.25) is 9.20 Å². The van der Waals surface area contributed by atoms with Gasteiger partial charge < -0.3 is 16.2 Å². The van der Waals surface area contributed by atoms with E-state index in [-0.39, 0.29) is 15.0 Å². The summed E-state index contributed by atoms with van der Waals surface area (Å²) in [6.45, 7) is -3.21. The number of imidazole rings is 1. The predicted octanol–water partition coefficient (Wildman–Crippen LogP) is 4.91. The largest absolute Gasteiger partial charge is 0.433 e. The number of amides is 1. The Kier molecular flexibility index (Phi) is 5.17. The van der Waals surface area contributed by atoms with E-state index >= 15 is 4.39 Å². The third kappa shape index (κ3) is 4.37. The molecule has 0 unspecified atom stereocenters. The molecule has 0 aliphatic rings. The van der Waals surface area contributed by atoms with Gasteiger partial charge in [-0.05, 0) is 36.7 Å². The highest BCUT2D eigenvalue weighted by atomic mass is 35.5. The lowest BCUT2D eigenvalue weighted by molar-refractivity contribution is -0.142. The molecule has 4 aromatic rings. The number of aromatic nitrogens is 3. The minimum Gasteiger partial charge on any atom is -0.382 e. The summed E-state index contributed by atoms with van der Waals surface area (Å²) in [5, 5.41) is 12.4. The maximum Gasteiger partial charge on any atom is 0.433 e. The fourth-order valence-corrected chi connectivity index (χ4v) is 3.59. The van der Waals surface area contributed by atoms with Crippen molar-refractivity contribution in [3.63, 3.8) is 0 Å². The molecule has 0 saturated heterocycles. The van der Waals surface area contributed by atoms with Crippen LogP contribution in [0, 0.1) is 18.5 Å². The Balaban J connectivity index is 1.82. The minimum atomic E-state index is -5.10. The van der Waals surface area contributed by atoms with Gasteiger partial charge in [-0.25, -0.2) is 18.7 Å². The first-order valence-electron chi connectivity index (χ1n) is 11.1. The van der Waals surface area contributed by atoms with Gasteiger partial charge in [-0.15, -0.1) is 0 Å². The van der Waals surface area contributed by atoms with Crippen molar-refractivity contribution in [1.29, 1.82) is 0 Å². The number of nitrogen functional groups attached to an aromatic ring is 1. The van der Waals surface area contributed by atoms with Crippen LogP contribution < -0.4 is 11.1 Å². The van der Waals surface area contributed by atoms with Crippen LogP contribution in [0.4, 0.5) is 33.5 Å². The van der Waals surface area contributed by atoms with E-state index in [1.54, 1.807) is 0 Å². The lowest BCUT2D eigenvalue weighted by Gasteiger charge is -2.14. The van der Waals surface area contributed by atoms with Crippen LogP contribution in [0.5, 0.6) is 0 Å². The standard InChI is InChI=1S/C22H15ClF5N5O2/c1-9-31-17(18-20(29)30-8-14(33(9)18)22(26,27)28)12-5-6-13(16(25)15(12)24)32-21(35)19(34)10-3-2-4-11(23)7-10/h2-8,19,34H,1H3,(H2,29,30)(H,32,35)/t19-/m1/s1/i1D3. The molecule has 2 aromatic heterocycles. The molecule has 0 radical (unpaired) electrons. The zero-order chi connectivity index (χ0) is 28.2. The van der Waals surface area contributed by atoms with Crippen LogP contribution in [0.25, 0.3) is 16.8 Å². The van der Waals surface area contributed by atoms with Gasteiger partial charge in [0.15, 0.2) is 17.7 Å². The van der Waals surface area contributed by atoms with E-state index in [1.165, 1.54) is 24.3 Å². The highest BCUT2D eigenvalue weighted by Gasteiger charge is 2.36. The number of nitrogens with two attached hydrogens (primary N) is 1. The molecule has 7 nitrogen and oxygen atoms in total. The van der Waals surface area contributed by atoms with Crippen LogP contribution in [-0.4, -0.2) is 25.4 Å². The molecule has 2 aromatic carbocycles. The van der Waals surface area contributed by atoms with E-state index in [4.69, 9.17) is 21.4 Å². The van der Waals surface area contributed by atoms with Crippen LogP contribution in [0.1, 0.15) is 27.3 Å². The number of fused-ring (bicyclic) bond motifs is 1. The topological polar surface area (TPSA) is 106 Å². The molecule has 4 rings (SSSR count). The maximum atomic E-state index is 15.2. The van der Waals surface area contributed by atoms with Crippen molar-refractivity contribution in [2.45, 2.75) is 19.1 Å². The van der Waals surface area contributed by atoms with Gasteiger partial charge in [0.05, 0.1) is 11.9 Å². The second-order valence-electron chi connectivity index (χ2n) is 7.23. The zero-order valence-corrected chi connectivity index (χ0v) is 17.9. The van der Waals surface area contributed by atoms with Crippen LogP contribution in [0.3, 0.4) is 0 Å². The molecular weight excluding hydrogens is 497 g/mol. The number of hydrogen-bond donors (Lipinski definition) is 3. The Hall–Kier alpha value is -3.77. The van der Waals surface area contributed by atoms with Crippen LogP contribution in [0.2, 0.25) is 5.02 Å². The smallest absolute Gasteiger partial charge is 0.382 e. The number of nitrogens with zero attached hydrogens (tertiary/aromatic N) is 3. The molecule has 0 fully saturated rings. The highest BCUT2D eigenvalue weighted by molar-refractivity contribution is 6.30. The number of carbonyl (C=O) groups excluding carboxylic acids is 1. The molecule has 0 saturated carbocycles. The fourth-order valence-electron chi connectivity index (χ4n) is 3.39. The number of aliphatic hydroxyl groups excluding tert-OH is 1. The number of hydrogen-bond acceptors (Lipinski definition) is 5. The molecular formula is C22H15ClF5N5O2. The number of nitrogens with one attached hydrogen (secondary N) is 1. The molecule has 0 aliphatic carbocycles. The lowest BCUT2D eigenvalue weighted by Crippen LogP contribution is -2.21. The monoisotopic (exact) mass is 514 g/mol. The summed E-state index contributed by atoms with van der Waals surface area (Å²) in [6, 6.07) is 7.30. The summed E-state index contributed by atoms with van der Waals surface area (Å²) in [5.74, 6) is -6.22. The van der Waals surface area contributed by atoms with Crippen LogP contribution >= 0.6 is 11.6 Å². The molecule has 0 aliphatic heterocycles. The fraction of sp³-hybridized carbons (Fsp3) is 0.136. The van der Waals surface area contributed by atoms with E-state index in [2.05, 4.69) is 9.97 Å². The SMILES string of the molecule is [2H]C([2H])([2H])c1nc(-c2ccc(NC(=O)[C@H](O)c3cccc(Cl)c3)c(F)c2F)c2c(N)ncc(C(F)(F)F)n12. The summed E-state index contributed by atoms with van der Waals surface area (Å²) >= 11 is 5.82. The van der Waals surface area contributed by atoms with E-state index < -0.39 is 76.5 Å². The third-order valence-corrected chi connectivity index (χ3v) is 5.22. The van der Waals surface area contributed by atoms with Gasteiger partial charge in [-0.2, -0.15) is 13.2 Å². The Bertz CT molecular complexity index is 1580. The van der Waals surface area contributed by atoms with Crippen molar-refractivity contribution in [3.05, 3.63) is 76.3 Å². The van der Waals surface area contributed by atoms with Crippen molar-refractivity contribution in [3.8, 4) is 11.3 Å². The van der Waals surface area contributed by atoms with E-state index in [0.29, 0.717) is 6.20 Å². The Morgan fingerprint density at radius 3 is 2.66 bits per heavy atom. The van der Waals surface area contributed by atoms with Crippen molar-refractivity contribution in [1.82, 2.24) is 14.4 Å². The van der Waals surface area contributed by atoms with Gasteiger partial charge in [0.1, 0.15) is 28.5 Å². The third-order valence-electron chi connectivity index (χ3n) is 4.99. The summed E-state index contributed by atoms with van der Waals surface area (Å²) in [5.41, 5.74) is 1.32. The lowest BCUT2D eigenvalue weighted by atomic mass is 10.1. The average Bonchev–Trinajstić information content (AvgIpc) is 3.22. The van der Waals surface area contributed by atoms with E-state index in [9.17, 15) is 27.5 Å². The van der Waals surface area contributed by atoms with Crippen molar-refractivity contribution < 1.29 is 36.0 Å². The number of anilines is 2.